The van der Waals surface area contributed by atoms with Crippen LogP contribution in [0.5, 0.6) is 5.75 Å². The van der Waals surface area contributed by atoms with Crippen LogP contribution >= 0.6 is 27.5 Å². The van der Waals surface area contributed by atoms with Gasteiger partial charge < -0.3 is 15.6 Å². The molecule has 1 amide bonds. The highest BCUT2D eigenvalue weighted by atomic mass is 79.9. The van der Waals surface area contributed by atoms with E-state index in [9.17, 15) is 14.3 Å². The first-order valence-corrected chi connectivity index (χ1v) is 11.0. The van der Waals surface area contributed by atoms with Crippen LogP contribution in [0.15, 0.2) is 53.1 Å². The van der Waals surface area contributed by atoms with Gasteiger partial charge in [-0.3, -0.25) is 14.8 Å². The van der Waals surface area contributed by atoms with Gasteiger partial charge in [0.25, 0.3) is 5.91 Å². The topological polar surface area (TPSA) is 104 Å². The van der Waals surface area contributed by atoms with E-state index in [0.717, 1.165) is 6.07 Å². The van der Waals surface area contributed by atoms with Crippen LogP contribution in [0.1, 0.15) is 27.0 Å². The van der Waals surface area contributed by atoms with Gasteiger partial charge >= 0.3 is 0 Å². The molecular weight excluding hydrogens is 515 g/mol. The van der Waals surface area contributed by atoms with Crippen molar-refractivity contribution in [1.82, 2.24) is 15.1 Å². The lowest BCUT2D eigenvalue weighted by atomic mass is 9.91. The summed E-state index contributed by atoms with van der Waals surface area (Å²) < 4.78 is 20.0. The lowest BCUT2D eigenvalue weighted by Gasteiger charge is -2.36. The van der Waals surface area contributed by atoms with E-state index in [4.69, 9.17) is 22.1 Å². The monoisotopic (exact) mass is 530 g/mol. The molecule has 4 N–H and O–H groups in total. The number of benzene rings is 3. The van der Waals surface area contributed by atoms with Crippen LogP contribution in [0.25, 0.3) is 10.9 Å². The highest BCUT2D eigenvalue weighted by Gasteiger charge is 2.53. The smallest absolute Gasteiger partial charge is 0.259 e. The molecule has 1 aromatic heterocycles. The quantitative estimate of drug-likeness (QED) is 0.335. The molecule has 0 spiro atoms. The number of fused-ring (bicyclic) bond motifs is 3. The van der Waals surface area contributed by atoms with Crippen LogP contribution in [0.4, 0.5) is 10.1 Å². The summed E-state index contributed by atoms with van der Waals surface area (Å²) in [5.41, 5.74) is 5.67. The molecule has 0 fully saturated rings. The summed E-state index contributed by atoms with van der Waals surface area (Å²) in [4.78, 5) is 15.0. The third-order valence-corrected chi connectivity index (χ3v) is 6.77. The molecule has 7 nitrogen and oxygen atoms in total. The lowest BCUT2D eigenvalue weighted by molar-refractivity contribution is -0.0539. The second-order valence-electron chi connectivity index (χ2n) is 7.69. The van der Waals surface area contributed by atoms with Crippen LogP contribution in [0, 0.1) is 5.82 Å². The van der Waals surface area contributed by atoms with Crippen molar-refractivity contribution < 1.29 is 19.0 Å². The molecule has 10 heteroatoms. The molecule has 1 aliphatic rings. The first kappa shape index (κ1) is 21.7. The molecule has 2 heterocycles. The number of aromatic amines is 1. The Morgan fingerprint density at radius 3 is 2.70 bits per heavy atom. The summed E-state index contributed by atoms with van der Waals surface area (Å²) in [5.74, 6) is -0.485. The van der Waals surface area contributed by atoms with Crippen LogP contribution in [0.3, 0.4) is 0 Å². The predicted octanol–water partition coefficient (Wildman–Crippen LogP) is 4.56. The van der Waals surface area contributed by atoms with Crippen molar-refractivity contribution in [1.29, 1.82) is 0 Å². The van der Waals surface area contributed by atoms with Crippen molar-refractivity contribution in [2.45, 2.75) is 12.3 Å². The van der Waals surface area contributed by atoms with Gasteiger partial charge in [-0.15, -0.1) is 0 Å². The van der Waals surface area contributed by atoms with Crippen LogP contribution in [-0.4, -0.2) is 33.2 Å². The third kappa shape index (κ3) is 3.18. The van der Waals surface area contributed by atoms with Gasteiger partial charge in [-0.05, 0) is 57.9 Å². The average Bonchev–Trinajstić information content (AvgIpc) is 3.27. The molecule has 1 aliphatic heterocycles. The van der Waals surface area contributed by atoms with E-state index in [1.54, 1.807) is 37.4 Å². The molecular formula is C23H17BrClFN4O3. The molecule has 5 rings (SSSR count). The molecule has 4 aromatic rings. The number of hydrogen-bond donors (Lipinski definition) is 3. The van der Waals surface area contributed by atoms with E-state index < -0.39 is 17.4 Å². The highest BCUT2D eigenvalue weighted by molar-refractivity contribution is 9.10. The first-order valence-electron chi connectivity index (χ1n) is 9.85. The second-order valence-corrected chi connectivity index (χ2v) is 8.89. The maximum absolute atomic E-state index is 14.3. The fourth-order valence-electron chi connectivity index (χ4n) is 4.29. The first-order chi connectivity index (χ1) is 15.8. The summed E-state index contributed by atoms with van der Waals surface area (Å²) in [5, 5.41) is 19.8. The van der Waals surface area contributed by atoms with Crippen LogP contribution < -0.4 is 10.5 Å². The van der Waals surface area contributed by atoms with Crippen molar-refractivity contribution >= 4 is 50.0 Å². The Morgan fingerprint density at radius 2 is 2.00 bits per heavy atom. The number of aromatic nitrogens is 2. The number of H-pyrrole nitrogens is 1. The summed E-state index contributed by atoms with van der Waals surface area (Å²) in [6, 6.07) is 12.2. The molecule has 1 unspecified atom stereocenters. The minimum absolute atomic E-state index is 0.00503. The van der Waals surface area contributed by atoms with Gasteiger partial charge in [0.15, 0.2) is 5.72 Å². The number of nitrogens with one attached hydrogen (secondary N) is 1. The zero-order valence-electron chi connectivity index (χ0n) is 17.2. The van der Waals surface area contributed by atoms with E-state index in [-0.39, 0.29) is 33.9 Å². The molecule has 3 aromatic carbocycles. The number of nitrogens with zero attached hydrogens (tertiary/aromatic N) is 2. The zero-order valence-corrected chi connectivity index (χ0v) is 19.5. The average molecular weight is 532 g/mol. The fraction of sp³-hybridized carbons (Fsp3) is 0.130. The van der Waals surface area contributed by atoms with Gasteiger partial charge in [-0.25, -0.2) is 4.39 Å². The summed E-state index contributed by atoms with van der Waals surface area (Å²) in [6.45, 7) is -0.00657. The molecule has 0 saturated heterocycles. The van der Waals surface area contributed by atoms with Gasteiger partial charge in [0.2, 0.25) is 0 Å². The standard InChI is InChI=1S/C23H17BrClFN4O3/c1-33-13-5-2-11(3-6-13)10-30-22(31)18-19(17(27)9-14-20(18)28-29-21(14)24)23(30,32)15-8-12(26)4-7-16(15)25/h2-9,32H,10,27H2,1H3,(H,28,29). The van der Waals surface area contributed by atoms with Gasteiger partial charge in [0.05, 0.1) is 12.7 Å². The number of rotatable bonds is 4. The molecule has 0 aliphatic carbocycles. The number of carbonyl (C=O) groups is 1. The lowest BCUT2D eigenvalue weighted by Crippen LogP contribution is -2.44. The number of amides is 1. The second kappa shape index (κ2) is 7.72. The van der Waals surface area contributed by atoms with Gasteiger partial charge in [0, 0.05) is 33.8 Å². The Bertz CT molecular complexity index is 1430. The van der Waals surface area contributed by atoms with Crippen molar-refractivity contribution in [3.63, 3.8) is 0 Å². The Hall–Kier alpha value is -3.14. The number of anilines is 1. The zero-order chi connectivity index (χ0) is 23.5. The molecule has 33 heavy (non-hydrogen) atoms. The molecule has 1 atom stereocenters. The van der Waals surface area contributed by atoms with Gasteiger partial charge in [-0.2, -0.15) is 5.10 Å². The van der Waals surface area contributed by atoms with Crippen molar-refractivity contribution in [3.05, 3.63) is 86.2 Å². The van der Waals surface area contributed by atoms with E-state index in [0.29, 0.717) is 26.8 Å². The van der Waals surface area contributed by atoms with Crippen molar-refractivity contribution in [2.24, 2.45) is 0 Å². The van der Waals surface area contributed by atoms with E-state index >= 15 is 0 Å². The Balaban J connectivity index is 1.78. The van der Waals surface area contributed by atoms with E-state index in [1.165, 1.54) is 17.0 Å². The third-order valence-electron chi connectivity index (χ3n) is 5.83. The number of halogens is 3. The van der Waals surface area contributed by atoms with Crippen LogP contribution in [-0.2, 0) is 12.3 Å². The predicted molar refractivity (Wildman–Crippen MR) is 125 cm³/mol. The van der Waals surface area contributed by atoms with Gasteiger partial charge in [-0.1, -0.05) is 23.7 Å². The minimum atomic E-state index is -2.13. The maximum atomic E-state index is 14.3. The largest absolute Gasteiger partial charge is 0.497 e. The highest BCUT2D eigenvalue weighted by Crippen LogP contribution is 2.50. The molecule has 0 bridgehead atoms. The number of carbonyl (C=O) groups excluding carboxylic acids is 1. The molecule has 0 saturated carbocycles. The number of aliphatic hydroxyl groups is 1. The molecule has 168 valence electrons. The van der Waals surface area contributed by atoms with Crippen molar-refractivity contribution in [3.8, 4) is 5.75 Å². The maximum Gasteiger partial charge on any atom is 0.259 e. The number of methoxy groups -OCH3 is 1. The summed E-state index contributed by atoms with van der Waals surface area (Å²) in [6.07, 6.45) is 0. The van der Waals surface area contributed by atoms with Gasteiger partial charge in [0.1, 0.15) is 21.7 Å². The number of ether oxygens (including phenoxy) is 1. The summed E-state index contributed by atoms with van der Waals surface area (Å²) >= 11 is 9.77. The number of nitrogens with two attached hydrogens (primary N) is 1. The van der Waals surface area contributed by atoms with Crippen molar-refractivity contribution in [2.75, 3.05) is 12.8 Å². The Kier molecular flexibility index (Phi) is 5.08. The SMILES string of the molecule is COc1ccc(CN2C(=O)c3c(c(N)cc4c(Br)[nH]nc34)C2(O)c2cc(F)ccc2Cl)cc1. The summed E-state index contributed by atoms with van der Waals surface area (Å²) in [7, 11) is 1.55. The fourth-order valence-corrected chi connectivity index (χ4v) is 4.93. The minimum Gasteiger partial charge on any atom is -0.497 e. The number of nitrogen functional groups attached to an aromatic ring is 1. The Morgan fingerprint density at radius 1 is 1.27 bits per heavy atom. The van der Waals surface area contributed by atoms with E-state index in [1.807, 2.05) is 0 Å². The van der Waals surface area contributed by atoms with E-state index in [2.05, 4.69) is 26.1 Å². The number of hydrogen-bond acceptors (Lipinski definition) is 5. The molecule has 0 radical (unpaired) electrons. The normalized spacial score (nSPS) is 17.6. The van der Waals surface area contributed by atoms with Crippen LogP contribution in [0.2, 0.25) is 5.02 Å². The Labute approximate surface area is 201 Å².